The van der Waals surface area contributed by atoms with Gasteiger partial charge < -0.3 is 5.32 Å². The Morgan fingerprint density at radius 3 is 2.79 bits per heavy atom. The van der Waals surface area contributed by atoms with Gasteiger partial charge in [-0.15, -0.1) is 11.3 Å². The lowest BCUT2D eigenvalue weighted by Crippen LogP contribution is -2.40. The van der Waals surface area contributed by atoms with Crippen molar-refractivity contribution in [1.29, 1.82) is 0 Å². The van der Waals surface area contributed by atoms with Crippen molar-refractivity contribution in [1.82, 2.24) is 15.2 Å². The molecule has 0 radical (unpaired) electrons. The van der Waals surface area contributed by atoms with Crippen LogP contribution in [0.25, 0.3) is 10.6 Å². The molecule has 1 aliphatic heterocycles. The van der Waals surface area contributed by atoms with E-state index in [1.807, 2.05) is 17.5 Å². The van der Waals surface area contributed by atoms with E-state index in [1.54, 1.807) is 11.3 Å². The number of aromatic nitrogens is 1. The van der Waals surface area contributed by atoms with Gasteiger partial charge in [0, 0.05) is 36.6 Å². The molecule has 0 saturated carbocycles. The Morgan fingerprint density at radius 2 is 2.00 bits per heavy atom. The van der Waals surface area contributed by atoms with Crippen LogP contribution in [-0.4, -0.2) is 34.9 Å². The first kappa shape index (κ1) is 19.8. The Balaban J connectivity index is 1.32. The molecule has 4 rings (SSSR count). The molecular weight excluding hydrogens is 378 g/mol. The van der Waals surface area contributed by atoms with E-state index in [0.717, 1.165) is 35.9 Å². The minimum absolute atomic E-state index is 0.0597. The minimum atomic E-state index is 0.0597. The largest absolute Gasteiger partial charge is 0.351 e. The summed E-state index contributed by atoms with van der Waals surface area (Å²) in [5, 5.41) is 6.20. The normalized spacial score (nSPS) is 19.4. The van der Waals surface area contributed by atoms with Crippen LogP contribution in [0.15, 0.2) is 60.0 Å². The molecule has 0 unspecified atom stereocenters. The van der Waals surface area contributed by atoms with Crippen molar-refractivity contribution in [3.63, 3.8) is 0 Å². The summed E-state index contributed by atoms with van der Waals surface area (Å²) >= 11 is 1.60. The van der Waals surface area contributed by atoms with Crippen LogP contribution in [0.3, 0.4) is 0 Å². The van der Waals surface area contributed by atoms with Gasteiger partial charge in [-0.3, -0.25) is 9.69 Å². The number of hydrogen-bond acceptors (Lipinski definition) is 4. The zero-order valence-corrected chi connectivity index (χ0v) is 17.8. The average molecular weight is 406 g/mol. The van der Waals surface area contributed by atoms with Gasteiger partial charge in [0.2, 0.25) is 5.91 Å². The number of benzene rings is 2. The lowest BCUT2D eigenvalue weighted by Gasteiger charge is -2.17. The third kappa shape index (κ3) is 5.11. The Kier molecular flexibility index (Phi) is 6.07. The highest BCUT2D eigenvalue weighted by Gasteiger charge is 2.30. The summed E-state index contributed by atoms with van der Waals surface area (Å²) < 4.78 is 0. The second-order valence-electron chi connectivity index (χ2n) is 8.02. The Labute approximate surface area is 176 Å². The fourth-order valence-electron chi connectivity index (χ4n) is 3.95. The predicted octanol–water partition coefficient (Wildman–Crippen LogP) is 4.30. The summed E-state index contributed by atoms with van der Waals surface area (Å²) in [7, 11) is 0. The lowest BCUT2D eigenvalue weighted by molar-refractivity contribution is -0.121. The third-order valence-electron chi connectivity index (χ3n) is 5.44. The summed E-state index contributed by atoms with van der Waals surface area (Å²) in [6, 6.07) is 19.0. The van der Waals surface area contributed by atoms with Crippen LogP contribution in [0.1, 0.15) is 23.7 Å². The van der Waals surface area contributed by atoms with Crippen LogP contribution >= 0.6 is 11.3 Å². The molecule has 1 amide bonds. The summed E-state index contributed by atoms with van der Waals surface area (Å²) in [4.78, 5) is 19.7. The smallest absolute Gasteiger partial charge is 0.226 e. The molecule has 1 aromatic heterocycles. The number of carbonyl (C=O) groups is 1. The van der Waals surface area contributed by atoms with Crippen LogP contribution < -0.4 is 5.32 Å². The highest BCUT2D eigenvalue weighted by atomic mass is 32.1. The Hall–Kier alpha value is -2.50. The van der Waals surface area contributed by atoms with E-state index in [4.69, 9.17) is 0 Å². The highest BCUT2D eigenvalue weighted by molar-refractivity contribution is 7.13. The molecule has 5 heteroatoms. The molecule has 29 heavy (non-hydrogen) atoms. The van der Waals surface area contributed by atoms with Crippen LogP contribution in [0.5, 0.6) is 0 Å². The molecule has 1 aliphatic rings. The first-order chi connectivity index (χ1) is 14.1. The number of nitrogens with zero attached hydrogens (tertiary/aromatic N) is 2. The van der Waals surface area contributed by atoms with E-state index in [2.05, 4.69) is 71.5 Å². The Bertz CT molecular complexity index is 969. The maximum atomic E-state index is 12.6. The topological polar surface area (TPSA) is 45.2 Å². The van der Waals surface area contributed by atoms with Crippen LogP contribution in [-0.2, 0) is 17.8 Å². The fraction of sp³-hybridized carbons (Fsp3) is 0.333. The summed E-state index contributed by atoms with van der Waals surface area (Å²) in [6.07, 6.45) is 0.338. The molecular formula is C24H27N3OS. The number of carbonyl (C=O) groups excluding carboxylic acids is 1. The van der Waals surface area contributed by atoms with E-state index in [9.17, 15) is 4.79 Å². The molecule has 0 spiro atoms. The number of hydrogen-bond donors (Lipinski definition) is 1. The Morgan fingerprint density at radius 1 is 1.17 bits per heavy atom. The summed E-state index contributed by atoms with van der Waals surface area (Å²) in [6.45, 7) is 7.13. The minimum Gasteiger partial charge on any atom is -0.351 e. The van der Waals surface area contributed by atoms with Crippen molar-refractivity contribution in [3.8, 4) is 10.6 Å². The summed E-state index contributed by atoms with van der Waals surface area (Å²) in [5.74, 6) is 0.505. The van der Waals surface area contributed by atoms with Crippen LogP contribution in [0, 0.1) is 12.8 Å². The maximum absolute atomic E-state index is 12.6. The van der Waals surface area contributed by atoms with Crippen molar-refractivity contribution in [2.24, 2.45) is 5.92 Å². The first-order valence-electron chi connectivity index (χ1n) is 10.1. The molecule has 2 atom stereocenters. The van der Waals surface area contributed by atoms with Gasteiger partial charge in [-0.1, -0.05) is 61.0 Å². The fourth-order valence-corrected chi connectivity index (χ4v) is 4.76. The average Bonchev–Trinajstić information content (AvgIpc) is 3.29. The van der Waals surface area contributed by atoms with E-state index >= 15 is 0 Å². The second-order valence-corrected chi connectivity index (χ2v) is 8.88. The second kappa shape index (κ2) is 8.89. The van der Waals surface area contributed by atoms with Crippen molar-refractivity contribution >= 4 is 17.2 Å². The lowest BCUT2D eigenvalue weighted by atomic mass is 10.1. The number of likely N-dealkylation sites (tertiary alicyclic amines) is 1. The number of aryl methyl sites for hydroxylation is 1. The van der Waals surface area contributed by atoms with E-state index < -0.39 is 0 Å². The van der Waals surface area contributed by atoms with E-state index in [0.29, 0.717) is 12.3 Å². The molecule has 1 saturated heterocycles. The third-order valence-corrected chi connectivity index (χ3v) is 6.38. The number of thiazole rings is 1. The molecule has 4 nitrogen and oxygen atoms in total. The predicted molar refractivity (Wildman–Crippen MR) is 119 cm³/mol. The van der Waals surface area contributed by atoms with Gasteiger partial charge >= 0.3 is 0 Å². The molecule has 1 N–H and O–H groups in total. The molecule has 0 bridgehead atoms. The number of nitrogens with one attached hydrogen (secondary N) is 1. The van der Waals surface area contributed by atoms with Crippen LogP contribution in [0.2, 0.25) is 0 Å². The molecule has 150 valence electrons. The molecule has 0 aliphatic carbocycles. The van der Waals surface area contributed by atoms with Gasteiger partial charge in [0.1, 0.15) is 5.01 Å². The van der Waals surface area contributed by atoms with Gasteiger partial charge in [0.15, 0.2) is 0 Å². The van der Waals surface area contributed by atoms with Crippen LogP contribution in [0.4, 0.5) is 0 Å². The van der Waals surface area contributed by atoms with Gasteiger partial charge in [-0.2, -0.15) is 0 Å². The SMILES string of the molecule is Cc1cccc(-c2nc(CC(=O)N[C@@H]3CN(Cc4ccccc4)C[C@H]3C)cs2)c1. The number of rotatable bonds is 6. The monoisotopic (exact) mass is 405 g/mol. The summed E-state index contributed by atoms with van der Waals surface area (Å²) in [5.41, 5.74) is 4.49. The van der Waals surface area contributed by atoms with Gasteiger partial charge in [-0.25, -0.2) is 4.98 Å². The van der Waals surface area contributed by atoms with Crippen molar-refractivity contribution in [3.05, 3.63) is 76.8 Å². The van der Waals surface area contributed by atoms with Gasteiger partial charge in [0.25, 0.3) is 0 Å². The van der Waals surface area contributed by atoms with Crippen molar-refractivity contribution < 1.29 is 4.79 Å². The van der Waals surface area contributed by atoms with Crippen molar-refractivity contribution in [2.45, 2.75) is 32.9 Å². The maximum Gasteiger partial charge on any atom is 0.226 e. The highest BCUT2D eigenvalue weighted by Crippen LogP contribution is 2.25. The molecule has 3 aromatic rings. The van der Waals surface area contributed by atoms with Gasteiger partial charge in [0.05, 0.1) is 12.1 Å². The first-order valence-corrected chi connectivity index (χ1v) is 11.0. The molecule has 1 fully saturated rings. The molecule has 2 heterocycles. The van der Waals surface area contributed by atoms with Crippen molar-refractivity contribution in [2.75, 3.05) is 13.1 Å². The van der Waals surface area contributed by atoms with Gasteiger partial charge in [-0.05, 0) is 24.5 Å². The molecule has 2 aromatic carbocycles. The zero-order valence-electron chi connectivity index (χ0n) is 17.0. The zero-order chi connectivity index (χ0) is 20.2. The number of amides is 1. The van der Waals surface area contributed by atoms with E-state index in [1.165, 1.54) is 11.1 Å². The standard InChI is InChI=1S/C24H27N3OS/c1-17-7-6-10-20(11-17)24-25-21(16-29-24)12-23(28)26-22-15-27(13-18(22)2)14-19-8-4-3-5-9-19/h3-11,16,18,22H,12-15H2,1-2H3,(H,26,28)/t18-,22-/m1/s1. The van der Waals surface area contributed by atoms with E-state index in [-0.39, 0.29) is 11.9 Å². The quantitative estimate of drug-likeness (QED) is 0.665.